The van der Waals surface area contributed by atoms with Crippen molar-refractivity contribution in [2.75, 3.05) is 20.2 Å². The van der Waals surface area contributed by atoms with E-state index in [2.05, 4.69) is 0 Å². The molecule has 0 spiro atoms. The summed E-state index contributed by atoms with van der Waals surface area (Å²) in [4.78, 5) is 22.5. The monoisotopic (exact) mass is 269 g/mol. The summed E-state index contributed by atoms with van der Waals surface area (Å²) < 4.78 is 4.99. The molecule has 0 aromatic heterocycles. The van der Waals surface area contributed by atoms with Crippen LogP contribution in [-0.2, 0) is 16.1 Å². The molecule has 0 heterocycles. The summed E-state index contributed by atoms with van der Waals surface area (Å²) in [6.07, 6.45) is 0. The fourth-order valence-corrected chi connectivity index (χ4v) is 1.61. The second kappa shape index (κ2) is 6.60. The lowest BCUT2D eigenvalue weighted by molar-refractivity contribution is -0.142. The number of phenols is 1. The first kappa shape index (κ1) is 14.8. The Hall–Kier alpha value is -2.28. The third-order valence-corrected chi connectivity index (χ3v) is 2.40. The number of carbonyl (C=O) groups is 2. The molecular formula is C12H15NO6. The molecule has 7 nitrogen and oxygen atoms in total. The number of ether oxygens (including phenoxy) is 1. The minimum absolute atomic E-state index is 0.00162. The van der Waals surface area contributed by atoms with Gasteiger partial charge < -0.3 is 20.1 Å². The standard InChI is InChI=1S/C12H15NO6/c1-19-9-2-3-10(14)8(4-9)5-13(6-11(15)16)7-12(17)18/h2-4,14H,5-7H2,1H3,(H,15,16)(H,17,18). The number of nitrogens with zero attached hydrogens (tertiary/aromatic N) is 1. The van der Waals surface area contributed by atoms with Crippen LogP contribution in [0.3, 0.4) is 0 Å². The Morgan fingerprint density at radius 3 is 2.26 bits per heavy atom. The molecule has 104 valence electrons. The Balaban J connectivity index is 2.88. The summed E-state index contributed by atoms with van der Waals surface area (Å²) in [5.41, 5.74) is 0.404. The zero-order chi connectivity index (χ0) is 14.4. The number of carboxylic acids is 2. The highest BCUT2D eigenvalue weighted by Gasteiger charge is 2.16. The number of aromatic hydroxyl groups is 1. The molecule has 1 rings (SSSR count). The lowest BCUT2D eigenvalue weighted by Crippen LogP contribution is -2.34. The molecule has 0 aliphatic carbocycles. The molecule has 0 bridgehead atoms. The summed E-state index contributed by atoms with van der Waals surface area (Å²) in [6, 6.07) is 4.50. The SMILES string of the molecule is COc1ccc(O)c(CN(CC(=O)O)CC(=O)O)c1. The van der Waals surface area contributed by atoms with E-state index in [-0.39, 0.29) is 12.3 Å². The molecule has 0 atom stereocenters. The predicted octanol–water partition coefficient (Wildman–Crippen LogP) is 0.372. The van der Waals surface area contributed by atoms with Crippen molar-refractivity contribution < 1.29 is 29.6 Å². The van der Waals surface area contributed by atoms with Crippen molar-refractivity contribution >= 4 is 11.9 Å². The third-order valence-electron chi connectivity index (χ3n) is 2.40. The van der Waals surface area contributed by atoms with Crippen LogP contribution in [0.2, 0.25) is 0 Å². The minimum atomic E-state index is -1.14. The van der Waals surface area contributed by atoms with Gasteiger partial charge in [0.1, 0.15) is 11.5 Å². The van der Waals surface area contributed by atoms with E-state index in [9.17, 15) is 14.7 Å². The average Bonchev–Trinajstić information content (AvgIpc) is 2.30. The largest absolute Gasteiger partial charge is 0.508 e. The highest BCUT2D eigenvalue weighted by Crippen LogP contribution is 2.24. The molecule has 7 heteroatoms. The molecule has 19 heavy (non-hydrogen) atoms. The molecule has 1 aromatic rings. The number of carboxylic acid groups (broad SMARTS) is 2. The van der Waals surface area contributed by atoms with Gasteiger partial charge >= 0.3 is 11.9 Å². The summed E-state index contributed by atoms with van der Waals surface area (Å²) >= 11 is 0. The second-order valence-electron chi connectivity index (χ2n) is 3.93. The van der Waals surface area contributed by atoms with Crippen LogP contribution < -0.4 is 4.74 Å². The maximum Gasteiger partial charge on any atom is 0.317 e. The maximum absolute atomic E-state index is 10.7. The number of hydrogen-bond donors (Lipinski definition) is 3. The molecule has 0 fully saturated rings. The maximum atomic E-state index is 10.7. The number of hydrogen-bond acceptors (Lipinski definition) is 5. The quantitative estimate of drug-likeness (QED) is 0.656. The van der Waals surface area contributed by atoms with E-state index in [1.54, 1.807) is 6.07 Å². The van der Waals surface area contributed by atoms with Crippen LogP contribution in [0.4, 0.5) is 0 Å². The first-order valence-electron chi connectivity index (χ1n) is 5.44. The Labute approximate surface area is 109 Å². The van der Waals surface area contributed by atoms with Gasteiger partial charge in [0, 0.05) is 12.1 Å². The molecular weight excluding hydrogens is 254 g/mol. The van der Waals surface area contributed by atoms with E-state index >= 15 is 0 Å². The molecule has 3 N–H and O–H groups in total. The summed E-state index contributed by atoms with van der Waals surface area (Å²) in [6.45, 7) is -0.854. The van der Waals surface area contributed by atoms with Crippen molar-refractivity contribution in [1.29, 1.82) is 0 Å². The van der Waals surface area contributed by atoms with Crippen molar-refractivity contribution in [3.05, 3.63) is 23.8 Å². The van der Waals surface area contributed by atoms with Crippen molar-refractivity contribution in [3.8, 4) is 11.5 Å². The first-order valence-corrected chi connectivity index (χ1v) is 5.44. The van der Waals surface area contributed by atoms with Gasteiger partial charge in [-0.1, -0.05) is 0 Å². The van der Waals surface area contributed by atoms with E-state index in [1.165, 1.54) is 24.1 Å². The number of rotatable bonds is 7. The van der Waals surface area contributed by atoms with Gasteiger partial charge in [-0.15, -0.1) is 0 Å². The van der Waals surface area contributed by atoms with Crippen molar-refractivity contribution in [2.24, 2.45) is 0 Å². The van der Waals surface area contributed by atoms with Crippen molar-refractivity contribution in [1.82, 2.24) is 4.90 Å². The van der Waals surface area contributed by atoms with E-state index in [1.807, 2.05) is 0 Å². The summed E-state index contributed by atoms with van der Waals surface area (Å²) in [5.74, 6) is -1.81. The lowest BCUT2D eigenvalue weighted by atomic mass is 10.1. The normalized spacial score (nSPS) is 10.4. The van der Waals surface area contributed by atoms with Gasteiger partial charge in [0.15, 0.2) is 0 Å². The highest BCUT2D eigenvalue weighted by molar-refractivity contribution is 5.72. The Morgan fingerprint density at radius 2 is 1.79 bits per heavy atom. The number of aliphatic carboxylic acids is 2. The minimum Gasteiger partial charge on any atom is -0.508 e. The molecule has 0 saturated heterocycles. The fourth-order valence-electron chi connectivity index (χ4n) is 1.61. The van der Waals surface area contributed by atoms with E-state index in [4.69, 9.17) is 14.9 Å². The van der Waals surface area contributed by atoms with Crippen LogP contribution in [0.15, 0.2) is 18.2 Å². The van der Waals surface area contributed by atoms with Crippen molar-refractivity contribution in [3.63, 3.8) is 0 Å². The van der Waals surface area contributed by atoms with Crippen LogP contribution in [0, 0.1) is 0 Å². The Bertz CT molecular complexity index is 457. The molecule has 0 aliphatic rings. The van der Waals surface area contributed by atoms with Gasteiger partial charge in [0.25, 0.3) is 0 Å². The Morgan fingerprint density at radius 1 is 1.21 bits per heavy atom. The average molecular weight is 269 g/mol. The highest BCUT2D eigenvalue weighted by atomic mass is 16.5. The molecule has 1 aromatic carbocycles. The van der Waals surface area contributed by atoms with Gasteiger partial charge in [0.2, 0.25) is 0 Å². The van der Waals surface area contributed by atoms with Crippen LogP contribution in [-0.4, -0.2) is 52.4 Å². The van der Waals surface area contributed by atoms with E-state index < -0.39 is 25.0 Å². The molecule has 0 aliphatic heterocycles. The molecule has 0 saturated carbocycles. The van der Waals surface area contributed by atoms with Gasteiger partial charge in [-0.25, -0.2) is 0 Å². The van der Waals surface area contributed by atoms with Crippen LogP contribution in [0.1, 0.15) is 5.56 Å². The van der Waals surface area contributed by atoms with Gasteiger partial charge in [-0.05, 0) is 18.2 Å². The van der Waals surface area contributed by atoms with E-state index in [0.717, 1.165) is 0 Å². The van der Waals surface area contributed by atoms with Crippen LogP contribution in [0.5, 0.6) is 11.5 Å². The van der Waals surface area contributed by atoms with E-state index in [0.29, 0.717) is 11.3 Å². The molecule has 0 unspecified atom stereocenters. The second-order valence-corrected chi connectivity index (χ2v) is 3.93. The first-order chi connectivity index (χ1) is 8.92. The van der Waals surface area contributed by atoms with Gasteiger partial charge in [-0.3, -0.25) is 14.5 Å². The Kier molecular flexibility index (Phi) is 5.13. The predicted molar refractivity (Wildman–Crippen MR) is 65.2 cm³/mol. The lowest BCUT2D eigenvalue weighted by Gasteiger charge is -2.18. The zero-order valence-corrected chi connectivity index (χ0v) is 10.4. The van der Waals surface area contributed by atoms with Gasteiger partial charge in [0.05, 0.1) is 20.2 Å². The fraction of sp³-hybridized carbons (Fsp3) is 0.333. The van der Waals surface area contributed by atoms with Crippen LogP contribution >= 0.6 is 0 Å². The number of methoxy groups -OCH3 is 1. The van der Waals surface area contributed by atoms with Gasteiger partial charge in [-0.2, -0.15) is 0 Å². The summed E-state index contributed by atoms with van der Waals surface area (Å²) in [5, 5.41) is 27.1. The summed E-state index contributed by atoms with van der Waals surface area (Å²) in [7, 11) is 1.46. The topological polar surface area (TPSA) is 107 Å². The van der Waals surface area contributed by atoms with Crippen LogP contribution in [0.25, 0.3) is 0 Å². The molecule has 0 amide bonds. The smallest absolute Gasteiger partial charge is 0.317 e. The third kappa shape index (κ3) is 4.84. The zero-order valence-electron chi connectivity index (χ0n) is 10.4. The number of benzene rings is 1. The van der Waals surface area contributed by atoms with Crippen molar-refractivity contribution in [2.45, 2.75) is 6.54 Å². The molecule has 0 radical (unpaired) electrons. The number of phenolic OH excluding ortho intramolecular Hbond substituents is 1.